The molecule has 2 aromatic carbocycles. The highest BCUT2D eigenvalue weighted by Crippen LogP contribution is 2.43. The molecule has 0 amide bonds. The Kier molecular flexibility index (Phi) is 9.26. The van der Waals surface area contributed by atoms with E-state index in [1.165, 1.54) is 19.0 Å². The number of benzene rings is 2. The zero-order chi connectivity index (χ0) is 33.4. The molecule has 0 saturated carbocycles. The fourth-order valence-corrected chi connectivity index (χ4v) is 6.09. The Labute approximate surface area is 262 Å². The Balaban J connectivity index is 1.57. The minimum Gasteiger partial charge on any atom is -0.469 e. The maximum Gasteiger partial charge on any atom is 0.416 e. The summed E-state index contributed by atoms with van der Waals surface area (Å²) in [5.41, 5.74) is 0.373. The molecule has 2 aliphatic rings. The number of rotatable bonds is 9. The molecule has 0 aliphatic carbocycles. The molecule has 15 heteroatoms. The first-order chi connectivity index (χ1) is 21.5. The first kappa shape index (κ1) is 33.5. The van der Waals surface area contributed by atoms with Crippen molar-refractivity contribution >= 4 is 17.6 Å². The minimum absolute atomic E-state index is 0.0776. The number of carbonyl (C=O) groups is 1. The van der Waals surface area contributed by atoms with Gasteiger partial charge >= 0.3 is 18.3 Å². The predicted molar refractivity (Wildman–Crippen MR) is 156 cm³/mol. The van der Waals surface area contributed by atoms with Crippen molar-refractivity contribution in [2.45, 2.75) is 77.7 Å². The number of halogens is 6. The summed E-state index contributed by atoms with van der Waals surface area (Å²) in [6.07, 6.45) is -7.89. The molecule has 250 valence electrons. The molecule has 9 nitrogen and oxygen atoms in total. The molecule has 5 rings (SSSR count). The smallest absolute Gasteiger partial charge is 0.416 e. The number of anilines is 2. The van der Waals surface area contributed by atoms with Gasteiger partial charge in [-0.15, -0.1) is 5.10 Å². The number of hydrogen-bond donors (Lipinski definition) is 0. The van der Waals surface area contributed by atoms with Gasteiger partial charge in [0.15, 0.2) is 0 Å². The van der Waals surface area contributed by atoms with E-state index >= 15 is 0 Å². The van der Waals surface area contributed by atoms with Crippen LogP contribution >= 0.6 is 0 Å². The molecular weight excluding hydrogens is 618 g/mol. The van der Waals surface area contributed by atoms with Crippen molar-refractivity contribution in [3.63, 3.8) is 0 Å². The second-order valence-corrected chi connectivity index (χ2v) is 12.6. The van der Waals surface area contributed by atoms with Gasteiger partial charge in [-0.2, -0.15) is 31.1 Å². The number of tetrazole rings is 1. The molecule has 0 N–H and O–H groups in total. The third-order valence-corrected chi connectivity index (χ3v) is 8.51. The monoisotopic (exact) mass is 654 g/mol. The van der Waals surface area contributed by atoms with Gasteiger partial charge < -0.3 is 19.3 Å². The largest absolute Gasteiger partial charge is 0.469 e. The van der Waals surface area contributed by atoms with Gasteiger partial charge in [-0.05, 0) is 82.5 Å². The van der Waals surface area contributed by atoms with Crippen molar-refractivity contribution in [2.75, 3.05) is 30.0 Å². The van der Waals surface area contributed by atoms with Gasteiger partial charge in [0.2, 0.25) is 0 Å². The maximum atomic E-state index is 13.8. The van der Waals surface area contributed by atoms with Crippen LogP contribution < -0.4 is 9.80 Å². The predicted octanol–water partition coefficient (Wildman–Crippen LogP) is 6.61. The summed E-state index contributed by atoms with van der Waals surface area (Å²) < 4.78 is 93.1. The highest BCUT2D eigenvalue weighted by atomic mass is 19.4. The second-order valence-electron chi connectivity index (χ2n) is 12.6. The van der Waals surface area contributed by atoms with Crippen LogP contribution in [-0.4, -0.2) is 46.4 Å². The van der Waals surface area contributed by atoms with Gasteiger partial charge in [-0.1, -0.05) is 18.9 Å². The van der Waals surface area contributed by atoms with Gasteiger partial charge in [0.25, 0.3) is 5.95 Å². The third-order valence-electron chi connectivity index (χ3n) is 8.51. The number of aromatic nitrogens is 4. The van der Waals surface area contributed by atoms with Crippen molar-refractivity contribution in [2.24, 2.45) is 12.5 Å². The summed E-state index contributed by atoms with van der Waals surface area (Å²) in [5.74, 6) is -0.222. The molecule has 1 aromatic heterocycles. The Morgan fingerprint density at radius 2 is 1.67 bits per heavy atom. The van der Waals surface area contributed by atoms with E-state index in [9.17, 15) is 31.1 Å². The fourth-order valence-electron chi connectivity index (χ4n) is 6.09. The van der Waals surface area contributed by atoms with Gasteiger partial charge in [0, 0.05) is 25.3 Å². The first-order valence-corrected chi connectivity index (χ1v) is 14.9. The number of esters is 1. The van der Waals surface area contributed by atoms with E-state index < -0.39 is 29.5 Å². The van der Waals surface area contributed by atoms with Crippen LogP contribution in [0.4, 0.5) is 38.0 Å². The number of ether oxygens (including phenoxy) is 2. The fraction of sp³-hybridized carbons (Fsp3) is 0.548. The lowest BCUT2D eigenvalue weighted by molar-refractivity contribution is -0.144. The Hall–Kier alpha value is -3.88. The van der Waals surface area contributed by atoms with E-state index in [4.69, 9.17) is 9.47 Å². The summed E-state index contributed by atoms with van der Waals surface area (Å²) in [4.78, 5) is 17.1. The number of aryl methyl sites for hydroxylation is 1. The van der Waals surface area contributed by atoms with E-state index in [2.05, 4.69) is 26.4 Å². The molecule has 3 aromatic rings. The van der Waals surface area contributed by atoms with Gasteiger partial charge in [0.1, 0.15) is 0 Å². The molecule has 0 fully saturated rings. The topological polar surface area (TPSA) is 85.6 Å². The van der Waals surface area contributed by atoms with Crippen molar-refractivity contribution in [1.82, 2.24) is 20.2 Å². The van der Waals surface area contributed by atoms with E-state index in [0.717, 1.165) is 34.5 Å². The molecule has 0 spiro atoms. The molecule has 2 aliphatic heterocycles. The normalized spacial score (nSPS) is 17.0. The zero-order valence-corrected chi connectivity index (χ0v) is 26.0. The van der Waals surface area contributed by atoms with Crippen LogP contribution in [-0.2, 0) is 53.4 Å². The lowest BCUT2D eigenvalue weighted by Gasteiger charge is -2.34. The van der Waals surface area contributed by atoms with Crippen LogP contribution in [0, 0.1) is 5.41 Å². The highest BCUT2D eigenvalue weighted by molar-refractivity contribution is 5.70. The van der Waals surface area contributed by atoms with Gasteiger partial charge in [0.05, 0.1) is 51.0 Å². The summed E-state index contributed by atoms with van der Waals surface area (Å²) in [7, 11) is 2.89. The lowest BCUT2D eigenvalue weighted by atomic mass is 9.85. The number of fused-ring (bicyclic) bond motifs is 2. The Morgan fingerprint density at radius 1 is 1.02 bits per heavy atom. The van der Waals surface area contributed by atoms with Crippen molar-refractivity contribution in [3.05, 3.63) is 63.7 Å². The Morgan fingerprint density at radius 3 is 2.26 bits per heavy atom. The molecule has 1 unspecified atom stereocenters. The van der Waals surface area contributed by atoms with Crippen molar-refractivity contribution < 1.29 is 40.6 Å². The summed E-state index contributed by atoms with van der Waals surface area (Å²) >= 11 is 0. The van der Waals surface area contributed by atoms with Crippen LogP contribution in [0.15, 0.2) is 30.3 Å². The third kappa shape index (κ3) is 7.56. The zero-order valence-electron chi connectivity index (χ0n) is 26.0. The maximum absolute atomic E-state index is 13.8. The SMILES string of the molecule is COC(=O)CC(C)(C)CCN1CCCC(N(Cc2cc(C(F)(F)F)cc(C(F)(F)F)c2)c2nnn(C)n2)c2cc3c(cc21)COC3. The standard InChI is InChI=1S/C31H36F6N6O3/c1-29(2,15-27(44)45-4)7-9-42-8-5-6-25(24-12-20-17-46-18-21(20)13-26(24)42)43(28-38-40-41(3)39-28)16-19-10-22(30(32,33)34)14-23(11-19)31(35,36)37/h10-14,25H,5-9,15-18H2,1-4H3. The van der Waals surface area contributed by atoms with Crippen LogP contribution in [0.5, 0.6) is 0 Å². The number of hydrogen-bond acceptors (Lipinski definition) is 8. The molecule has 0 saturated heterocycles. The summed E-state index contributed by atoms with van der Waals surface area (Å²) in [6.45, 7) is 5.71. The molecule has 46 heavy (non-hydrogen) atoms. The van der Waals surface area contributed by atoms with E-state index in [1.807, 2.05) is 19.9 Å². The van der Waals surface area contributed by atoms with Crippen molar-refractivity contribution in [3.8, 4) is 0 Å². The number of alkyl halides is 6. The summed E-state index contributed by atoms with van der Waals surface area (Å²) in [6, 6.07) is 5.15. The molecule has 1 atom stereocenters. The van der Waals surface area contributed by atoms with Crippen LogP contribution in [0.25, 0.3) is 0 Å². The van der Waals surface area contributed by atoms with Crippen LogP contribution in [0.3, 0.4) is 0 Å². The molecule has 0 radical (unpaired) electrons. The average Bonchev–Trinajstić information content (AvgIpc) is 3.58. The number of nitrogens with zero attached hydrogens (tertiary/aromatic N) is 6. The molecule has 3 heterocycles. The second kappa shape index (κ2) is 12.7. The van der Waals surface area contributed by atoms with Gasteiger partial charge in [-0.3, -0.25) is 4.79 Å². The van der Waals surface area contributed by atoms with Crippen LogP contribution in [0.2, 0.25) is 0 Å². The van der Waals surface area contributed by atoms with Crippen molar-refractivity contribution in [1.29, 1.82) is 0 Å². The van der Waals surface area contributed by atoms with E-state index in [-0.39, 0.29) is 41.9 Å². The Bertz CT molecular complexity index is 1540. The molecular formula is C31H36F6N6O3. The number of carbonyl (C=O) groups excluding carboxylic acids is 1. The summed E-state index contributed by atoms with van der Waals surface area (Å²) in [5, 5.41) is 12.4. The van der Waals surface area contributed by atoms with Gasteiger partial charge in [-0.25, -0.2) is 0 Å². The first-order valence-electron chi connectivity index (χ1n) is 14.9. The quantitative estimate of drug-likeness (QED) is 0.189. The highest BCUT2D eigenvalue weighted by Gasteiger charge is 2.38. The average molecular weight is 655 g/mol. The number of methoxy groups -OCH3 is 1. The minimum atomic E-state index is -4.98. The molecule has 0 bridgehead atoms. The van der Waals surface area contributed by atoms with E-state index in [1.54, 1.807) is 4.90 Å². The van der Waals surface area contributed by atoms with E-state index in [0.29, 0.717) is 45.6 Å². The lowest BCUT2D eigenvalue weighted by Crippen LogP contribution is -2.31. The van der Waals surface area contributed by atoms with Crippen LogP contribution in [0.1, 0.15) is 79.0 Å².